The van der Waals surface area contributed by atoms with Crippen molar-refractivity contribution in [3.63, 3.8) is 0 Å². The fourth-order valence-electron chi connectivity index (χ4n) is 6.57. The van der Waals surface area contributed by atoms with E-state index in [9.17, 15) is 4.39 Å². The average molecular weight is 581 g/mol. The van der Waals surface area contributed by atoms with Gasteiger partial charge < -0.3 is 19.2 Å². The largest absolute Gasteiger partial charge is 0.497 e. The maximum Gasteiger partial charge on any atom is 0.162 e. The summed E-state index contributed by atoms with van der Waals surface area (Å²) in [6, 6.07) is 26.0. The molecular weight excluding hydrogens is 548 g/mol. The predicted octanol–water partition coefficient (Wildman–Crippen LogP) is 6.31. The number of methoxy groups -OCH3 is 2. The molecule has 2 aliphatic heterocycles. The molecule has 1 N–H and O–H groups in total. The van der Waals surface area contributed by atoms with E-state index in [0.29, 0.717) is 6.61 Å². The van der Waals surface area contributed by atoms with Crippen LogP contribution in [0.1, 0.15) is 51.2 Å². The van der Waals surface area contributed by atoms with Crippen molar-refractivity contribution < 1.29 is 18.6 Å². The van der Waals surface area contributed by atoms with Gasteiger partial charge in [0, 0.05) is 51.7 Å². The molecule has 0 aliphatic carbocycles. The molecule has 5 nitrogen and oxygen atoms in total. The van der Waals surface area contributed by atoms with Crippen molar-refractivity contribution in [3.05, 3.63) is 124 Å². The van der Waals surface area contributed by atoms with Crippen molar-refractivity contribution in [1.82, 2.24) is 9.88 Å². The van der Waals surface area contributed by atoms with Crippen LogP contribution in [0.2, 0.25) is 0 Å². The molecule has 7 rings (SSSR count). The molecule has 4 aromatic carbocycles. The third kappa shape index (κ3) is 5.73. The predicted molar refractivity (Wildman–Crippen MR) is 176 cm³/mol. The van der Waals surface area contributed by atoms with Gasteiger partial charge in [-0.25, -0.2) is 4.39 Å². The standard InChI is InChI=1S/C35H33FN2O3.B3/c1-21-4-6-22(7-5-21)20-41-33-19-27-24(16-32(33)40-3)14-15-38-31(27)18-29-28-17-26(39-2)12-13-30(28)37-34(29)35(38)23-8-10-25(36)11-9-23;1-3-2/h4-13,16-17,19,31,35,37H,14-15,18,20H2,1-3H3;. The molecule has 0 amide bonds. The maximum absolute atomic E-state index is 14.0. The molecule has 5 radical (unpaired) electrons. The Hall–Kier alpha value is -4.10. The molecule has 0 fully saturated rings. The van der Waals surface area contributed by atoms with E-state index in [1.165, 1.54) is 33.3 Å². The first-order chi connectivity index (χ1) is 21.4. The summed E-state index contributed by atoms with van der Waals surface area (Å²) >= 11 is 0. The molecule has 0 saturated heterocycles. The minimum absolute atomic E-state index is 0.0325. The average Bonchev–Trinajstić information content (AvgIpc) is 3.41. The summed E-state index contributed by atoms with van der Waals surface area (Å²) in [6.07, 6.45) is 1.73. The van der Waals surface area contributed by atoms with Gasteiger partial charge in [0.25, 0.3) is 0 Å². The van der Waals surface area contributed by atoms with Crippen LogP contribution >= 0.6 is 0 Å². The first-order valence-corrected chi connectivity index (χ1v) is 14.8. The number of aryl methyl sites for hydroxylation is 1. The lowest BCUT2D eigenvalue weighted by Crippen LogP contribution is -2.43. The highest BCUT2D eigenvalue weighted by Crippen LogP contribution is 2.50. The summed E-state index contributed by atoms with van der Waals surface area (Å²) in [6.45, 7) is 3.43. The van der Waals surface area contributed by atoms with Gasteiger partial charge in [-0.1, -0.05) is 42.0 Å². The molecule has 44 heavy (non-hydrogen) atoms. The number of hydrogen-bond donors (Lipinski definition) is 1. The number of hydrogen-bond acceptors (Lipinski definition) is 4. The highest BCUT2D eigenvalue weighted by molar-refractivity contribution is 7.17. The van der Waals surface area contributed by atoms with Crippen LogP contribution in [-0.2, 0) is 19.4 Å². The van der Waals surface area contributed by atoms with Gasteiger partial charge >= 0.3 is 0 Å². The fourth-order valence-corrected chi connectivity index (χ4v) is 6.57. The van der Waals surface area contributed by atoms with Crippen LogP contribution in [0.3, 0.4) is 0 Å². The summed E-state index contributed by atoms with van der Waals surface area (Å²) in [7, 11) is 13.4. The Balaban J connectivity index is 0.00000110. The van der Waals surface area contributed by atoms with Crippen LogP contribution in [0.4, 0.5) is 4.39 Å². The summed E-state index contributed by atoms with van der Waals surface area (Å²) < 4.78 is 31.7. The first-order valence-electron chi connectivity index (χ1n) is 14.8. The van der Waals surface area contributed by atoms with E-state index in [4.69, 9.17) is 14.2 Å². The van der Waals surface area contributed by atoms with E-state index >= 15 is 0 Å². The zero-order valence-corrected chi connectivity index (χ0v) is 25.3. The lowest BCUT2D eigenvalue weighted by atomic mass is 9.40. The lowest BCUT2D eigenvalue weighted by molar-refractivity contribution is 0.127. The third-order valence-corrected chi connectivity index (χ3v) is 8.67. The quantitative estimate of drug-likeness (QED) is 0.239. The Morgan fingerprint density at radius 2 is 1.68 bits per heavy atom. The highest BCUT2D eigenvalue weighted by Gasteiger charge is 2.41. The lowest BCUT2D eigenvalue weighted by Gasteiger charge is -2.46. The minimum Gasteiger partial charge on any atom is -0.497 e. The van der Waals surface area contributed by atoms with Crippen LogP contribution < -0.4 is 14.2 Å². The fraction of sp³-hybridized carbons (Fsp3) is 0.257. The number of aromatic amines is 1. The van der Waals surface area contributed by atoms with Gasteiger partial charge in [-0.15, -0.1) is 0 Å². The third-order valence-electron chi connectivity index (χ3n) is 8.67. The monoisotopic (exact) mass is 581 g/mol. The van der Waals surface area contributed by atoms with Gasteiger partial charge in [0.1, 0.15) is 18.2 Å². The Morgan fingerprint density at radius 3 is 2.39 bits per heavy atom. The number of H-pyrrole nitrogens is 1. The van der Waals surface area contributed by atoms with E-state index < -0.39 is 0 Å². The number of nitrogens with one attached hydrogen (secondary N) is 1. The van der Waals surface area contributed by atoms with Crippen LogP contribution in [0.25, 0.3) is 10.9 Å². The molecule has 2 aliphatic rings. The molecule has 3 heterocycles. The van der Waals surface area contributed by atoms with Crippen molar-refractivity contribution in [3.8, 4) is 17.2 Å². The number of benzene rings is 4. The van der Waals surface area contributed by atoms with E-state index in [2.05, 4.69) is 80.8 Å². The smallest absolute Gasteiger partial charge is 0.162 e. The number of aromatic nitrogens is 1. The van der Waals surface area contributed by atoms with Crippen LogP contribution in [0.15, 0.2) is 78.9 Å². The van der Waals surface area contributed by atoms with Crippen LogP contribution in [-0.4, -0.2) is 53.2 Å². The van der Waals surface area contributed by atoms with Gasteiger partial charge in [0.05, 0.1) is 20.3 Å². The molecule has 217 valence electrons. The SMILES string of the molecule is COc1ccc2[nH]c3c(c2c1)CC1c2cc(OCc4ccc(C)cc4)c(OC)cc2CCN1C3c1ccc(F)cc1.[B][B][B]. The normalized spacial score (nSPS) is 17.0. The Bertz CT molecular complexity index is 1760. The molecule has 1 aromatic heterocycles. The minimum atomic E-state index is -0.228. The van der Waals surface area contributed by atoms with Crippen LogP contribution in [0, 0.1) is 12.7 Å². The molecule has 9 heteroatoms. The molecule has 0 bridgehead atoms. The van der Waals surface area contributed by atoms with Crippen molar-refractivity contribution in [2.75, 3.05) is 20.8 Å². The first kappa shape index (κ1) is 30.0. The van der Waals surface area contributed by atoms with Gasteiger partial charge in [0.2, 0.25) is 0 Å². The van der Waals surface area contributed by atoms with Crippen molar-refractivity contribution in [2.45, 2.75) is 38.5 Å². The summed E-state index contributed by atoms with van der Waals surface area (Å²) in [5, 5.41) is 1.17. The maximum atomic E-state index is 14.0. The van der Waals surface area contributed by atoms with Gasteiger partial charge in [0.15, 0.2) is 11.5 Å². The molecule has 0 spiro atoms. The number of rotatable bonds is 6. The molecule has 2 atom stereocenters. The Labute approximate surface area is 261 Å². The van der Waals surface area contributed by atoms with Gasteiger partial charge in [-0.2, -0.15) is 0 Å². The number of halogens is 1. The van der Waals surface area contributed by atoms with Crippen molar-refractivity contribution >= 4 is 33.4 Å². The van der Waals surface area contributed by atoms with E-state index in [1.54, 1.807) is 26.4 Å². The second kappa shape index (κ2) is 12.9. The zero-order valence-electron chi connectivity index (χ0n) is 25.3. The van der Waals surface area contributed by atoms with Gasteiger partial charge in [-0.05, 0) is 90.0 Å². The van der Waals surface area contributed by atoms with E-state index in [-0.39, 0.29) is 17.9 Å². The van der Waals surface area contributed by atoms with Crippen molar-refractivity contribution in [1.29, 1.82) is 0 Å². The Kier molecular flexibility index (Phi) is 8.76. The second-order valence-corrected chi connectivity index (χ2v) is 11.3. The number of fused-ring (bicyclic) bond motifs is 6. The topological polar surface area (TPSA) is 46.7 Å². The van der Waals surface area contributed by atoms with E-state index in [1.807, 2.05) is 18.2 Å². The molecular formula is C35H33B3FN2O3. The second-order valence-electron chi connectivity index (χ2n) is 11.3. The number of ether oxygens (including phenoxy) is 3. The molecule has 2 unspecified atom stereocenters. The highest BCUT2D eigenvalue weighted by atomic mass is 19.1. The zero-order chi connectivity index (χ0) is 30.8. The van der Waals surface area contributed by atoms with E-state index in [0.717, 1.165) is 60.3 Å². The summed E-state index contributed by atoms with van der Waals surface area (Å²) in [5.41, 5.74) is 9.48. The summed E-state index contributed by atoms with van der Waals surface area (Å²) in [5.74, 6) is 2.11. The van der Waals surface area contributed by atoms with Gasteiger partial charge in [-0.3, -0.25) is 4.90 Å². The summed E-state index contributed by atoms with van der Waals surface area (Å²) in [4.78, 5) is 6.28. The van der Waals surface area contributed by atoms with Crippen LogP contribution in [0.5, 0.6) is 17.2 Å². The molecule has 5 aromatic rings. The molecule has 0 saturated carbocycles. The Morgan fingerprint density at radius 1 is 0.932 bits per heavy atom. The van der Waals surface area contributed by atoms with Crippen molar-refractivity contribution in [2.24, 2.45) is 0 Å². The number of nitrogens with zero attached hydrogens (tertiary/aromatic N) is 1.